The van der Waals surface area contributed by atoms with E-state index in [-0.39, 0.29) is 11.9 Å². The Morgan fingerprint density at radius 3 is 3.09 bits per heavy atom. The van der Waals surface area contributed by atoms with Crippen LogP contribution < -0.4 is 5.43 Å². The standard InChI is InChI=1S/C7H9N3O/c1-4-3-6-8-7(11)5(2)10(6)9-4/h3,5,9H,1-2H3. The van der Waals surface area contributed by atoms with Crippen LogP contribution in [0.25, 0.3) is 0 Å². The molecule has 4 heteroatoms. The molecule has 0 aromatic heterocycles. The third kappa shape index (κ3) is 0.753. The highest BCUT2D eigenvalue weighted by molar-refractivity contribution is 6.09. The summed E-state index contributed by atoms with van der Waals surface area (Å²) in [6.07, 6.45) is 1.86. The van der Waals surface area contributed by atoms with E-state index in [1.54, 1.807) is 5.01 Å². The van der Waals surface area contributed by atoms with Gasteiger partial charge < -0.3 is 5.43 Å². The molecule has 0 aromatic carbocycles. The maximum Gasteiger partial charge on any atom is 0.272 e. The van der Waals surface area contributed by atoms with E-state index in [2.05, 4.69) is 10.4 Å². The van der Waals surface area contributed by atoms with E-state index in [4.69, 9.17) is 0 Å². The van der Waals surface area contributed by atoms with E-state index in [1.165, 1.54) is 0 Å². The monoisotopic (exact) mass is 151 g/mol. The number of amides is 1. The number of hydrogen-bond donors (Lipinski definition) is 1. The molecule has 0 fully saturated rings. The Morgan fingerprint density at radius 1 is 1.73 bits per heavy atom. The summed E-state index contributed by atoms with van der Waals surface area (Å²) in [7, 11) is 0. The van der Waals surface area contributed by atoms with Gasteiger partial charge in [0.15, 0.2) is 5.84 Å². The topological polar surface area (TPSA) is 44.7 Å². The van der Waals surface area contributed by atoms with Crippen molar-refractivity contribution in [1.82, 2.24) is 10.4 Å². The predicted octanol–water partition coefficient (Wildman–Crippen LogP) is 0.0376. The number of carbonyl (C=O) groups is 1. The maximum atomic E-state index is 11.0. The lowest BCUT2D eigenvalue weighted by Gasteiger charge is -2.18. The second-order valence-electron chi connectivity index (χ2n) is 2.79. The van der Waals surface area contributed by atoms with E-state index in [9.17, 15) is 4.79 Å². The van der Waals surface area contributed by atoms with Gasteiger partial charge in [-0.15, -0.1) is 0 Å². The summed E-state index contributed by atoms with van der Waals surface area (Å²) in [6.45, 7) is 3.77. The first-order chi connectivity index (χ1) is 5.18. The molecular weight excluding hydrogens is 142 g/mol. The Balaban J connectivity index is 2.35. The van der Waals surface area contributed by atoms with Crippen LogP contribution in [0.15, 0.2) is 16.8 Å². The third-order valence-electron chi connectivity index (χ3n) is 1.86. The number of hydrazine groups is 1. The highest BCUT2D eigenvalue weighted by atomic mass is 16.2. The van der Waals surface area contributed by atoms with Crippen LogP contribution in [-0.4, -0.2) is 22.8 Å². The molecule has 2 aliphatic heterocycles. The van der Waals surface area contributed by atoms with Gasteiger partial charge >= 0.3 is 0 Å². The summed E-state index contributed by atoms with van der Waals surface area (Å²) in [5.41, 5.74) is 4.07. The summed E-state index contributed by atoms with van der Waals surface area (Å²) in [5.74, 6) is 0.663. The number of nitrogens with zero attached hydrogens (tertiary/aromatic N) is 2. The fourth-order valence-electron chi connectivity index (χ4n) is 1.24. The maximum absolute atomic E-state index is 11.0. The Morgan fingerprint density at radius 2 is 2.45 bits per heavy atom. The Bertz CT molecular complexity index is 279. The molecule has 58 valence electrons. The fraction of sp³-hybridized carbons (Fsp3) is 0.429. The van der Waals surface area contributed by atoms with E-state index >= 15 is 0 Å². The van der Waals surface area contributed by atoms with Crippen molar-refractivity contribution in [3.8, 4) is 0 Å². The van der Waals surface area contributed by atoms with Crippen molar-refractivity contribution in [2.45, 2.75) is 19.9 Å². The molecule has 2 aliphatic rings. The van der Waals surface area contributed by atoms with Crippen LogP contribution >= 0.6 is 0 Å². The minimum atomic E-state index is -0.154. The van der Waals surface area contributed by atoms with E-state index in [0.717, 1.165) is 11.5 Å². The van der Waals surface area contributed by atoms with E-state index < -0.39 is 0 Å². The summed E-state index contributed by atoms with van der Waals surface area (Å²) >= 11 is 0. The second kappa shape index (κ2) is 1.84. The first kappa shape index (κ1) is 6.39. The van der Waals surface area contributed by atoms with Gasteiger partial charge in [-0.2, -0.15) is 4.99 Å². The van der Waals surface area contributed by atoms with Gasteiger partial charge in [0.05, 0.1) is 0 Å². The Hall–Kier alpha value is -1.32. The van der Waals surface area contributed by atoms with Crippen molar-refractivity contribution < 1.29 is 4.79 Å². The van der Waals surface area contributed by atoms with Crippen LogP contribution in [0.4, 0.5) is 0 Å². The number of rotatable bonds is 0. The second-order valence-corrected chi connectivity index (χ2v) is 2.79. The van der Waals surface area contributed by atoms with Gasteiger partial charge in [0.1, 0.15) is 6.04 Å². The minimum absolute atomic E-state index is 0.0729. The smallest absolute Gasteiger partial charge is 0.272 e. The molecule has 1 amide bonds. The van der Waals surface area contributed by atoms with Crippen LogP contribution in [0.5, 0.6) is 0 Å². The minimum Gasteiger partial charge on any atom is -0.301 e. The molecule has 1 N–H and O–H groups in total. The van der Waals surface area contributed by atoms with E-state index in [1.807, 2.05) is 19.9 Å². The van der Waals surface area contributed by atoms with Gasteiger partial charge in [-0.25, -0.2) is 0 Å². The van der Waals surface area contributed by atoms with Crippen LogP contribution in [0.2, 0.25) is 0 Å². The molecular formula is C7H9N3O. The molecule has 0 aliphatic carbocycles. The van der Waals surface area contributed by atoms with Crippen molar-refractivity contribution in [3.05, 3.63) is 11.8 Å². The first-order valence-corrected chi connectivity index (χ1v) is 3.55. The summed E-state index contributed by atoms with van der Waals surface area (Å²) in [4.78, 5) is 14.8. The van der Waals surface area contributed by atoms with Crippen molar-refractivity contribution >= 4 is 11.7 Å². The lowest BCUT2D eigenvalue weighted by Crippen LogP contribution is -2.40. The van der Waals surface area contributed by atoms with E-state index in [0.29, 0.717) is 0 Å². The molecule has 1 unspecified atom stereocenters. The lowest BCUT2D eigenvalue weighted by molar-refractivity contribution is -0.120. The number of nitrogens with one attached hydrogen (secondary N) is 1. The molecule has 0 saturated heterocycles. The van der Waals surface area contributed by atoms with Crippen molar-refractivity contribution in [2.24, 2.45) is 4.99 Å². The van der Waals surface area contributed by atoms with Crippen molar-refractivity contribution in [3.63, 3.8) is 0 Å². The van der Waals surface area contributed by atoms with Gasteiger partial charge in [0, 0.05) is 11.8 Å². The normalized spacial score (nSPS) is 28.0. The largest absolute Gasteiger partial charge is 0.301 e. The zero-order chi connectivity index (χ0) is 8.01. The summed E-state index contributed by atoms with van der Waals surface area (Å²) < 4.78 is 0. The Kier molecular flexibility index (Phi) is 1.07. The molecule has 0 saturated carbocycles. The van der Waals surface area contributed by atoms with Gasteiger partial charge in [-0.3, -0.25) is 9.80 Å². The number of aliphatic imine (C=N–C) groups is 1. The molecule has 0 radical (unpaired) electrons. The highest BCUT2D eigenvalue weighted by Crippen LogP contribution is 2.16. The van der Waals surface area contributed by atoms with Gasteiger partial charge in [0.2, 0.25) is 0 Å². The van der Waals surface area contributed by atoms with Crippen molar-refractivity contribution in [2.75, 3.05) is 0 Å². The molecule has 2 heterocycles. The number of fused-ring (bicyclic) bond motifs is 1. The van der Waals surface area contributed by atoms with Gasteiger partial charge in [-0.05, 0) is 13.8 Å². The summed E-state index contributed by atoms with van der Waals surface area (Å²) in [5, 5.41) is 1.78. The predicted molar refractivity (Wildman–Crippen MR) is 40.6 cm³/mol. The fourth-order valence-corrected chi connectivity index (χ4v) is 1.24. The Labute approximate surface area is 64.6 Å². The average molecular weight is 151 g/mol. The zero-order valence-electron chi connectivity index (χ0n) is 6.46. The first-order valence-electron chi connectivity index (χ1n) is 3.55. The molecule has 4 nitrogen and oxygen atoms in total. The molecule has 2 rings (SSSR count). The number of carbonyl (C=O) groups excluding carboxylic acids is 1. The average Bonchev–Trinajstić information content (AvgIpc) is 2.37. The zero-order valence-corrected chi connectivity index (χ0v) is 6.46. The molecule has 0 bridgehead atoms. The molecule has 1 atom stereocenters. The lowest BCUT2D eigenvalue weighted by atomic mass is 10.3. The quantitative estimate of drug-likeness (QED) is 0.531. The van der Waals surface area contributed by atoms with Crippen molar-refractivity contribution in [1.29, 1.82) is 0 Å². The van der Waals surface area contributed by atoms with Gasteiger partial charge in [-0.1, -0.05) is 0 Å². The highest BCUT2D eigenvalue weighted by Gasteiger charge is 2.33. The van der Waals surface area contributed by atoms with Crippen LogP contribution in [-0.2, 0) is 4.79 Å². The number of amidine groups is 1. The van der Waals surface area contributed by atoms with Crippen LogP contribution in [0, 0.1) is 0 Å². The van der Waals surface area contributed by atoms with Crippen LogP contribution in [0.3, 0.4) is 0 Å². The van der Waals surface area contributed by atoms with Crippen LogP contribution in [0.1, 0.15) is 13.8 Å². The molecule has 0 aromatic rings. The third-order valence-corrected chi connectivity index (χ3v) is 1.86. The number of hydrogen-bond acceptors (Lipinski definition) is 3. The summed E-state index contributed by atoms with van der Waals surface area (Å²) in [6, 6.07) is -0.154. The number of allylic oxidation sites excluding steroid dienone is 1. The molecule has 11 heavy (non-hydrogen) atoms. The molecule has 0 spiro atoms. The SMILES string of the molecule is CC1=CC2=NC(=O)C(C)N2N1. The van der Waals surface area contributed by atoms with Gasteiger partial charge in [0.25, 0.3) is 5.91 Å².